The summed E-state index contributed by atoms with van der Waals surface area (Å²) in [4.78, 5) is 0. The number of benzene rings is 1. The molecule has 1 nitrogen and oxygen atoms in total. The van der Waals surface area contributed by atoms with Crippen molar-refractivity contribution in [3.8, 4) is 0 Å². The summed E-state index contributed by atoms with van der Waals surface area (Å²) in [6.45, 7) is 5.92. The smallest absolute Gasteiger partial charge is 0.125 e. The van der Waals surface area contributed by atoms with E-state index in [9.17, 15) is 4.39 Å². The quantitative estimate of drug-likeness (QED) is 0.825. The molecule has 0 unspecified atom stereocenters. The third-order valence-corrected chi connectivity index (χ3v) is 2.53. The molecule has 16 heavy (non-hydrogen) atoms. The Morgan fingerprint density at radius 1 is 1.38 bits per heavy atom. The van der Waals surface area contributed by atoms with Gasteiger partial charge in [0.05, 0.1) is 0 Å². The van der Waals surface area contributed by atoms with Crippen LogP contribution in [0.25, 0.3) is 6.08 Å². The lowest BCUT2D eigenvalue weighted by Crippen LogP contribution is -2.15. The highest BCUT2D eigenvalue weighted by Crippen LogP contribution is 2.17. The van der Waals surface area contributed by atoms with E-state index in [1.807, 2.05) is 6.08 Å². The fraction of sp³-hybridized carbons (Fsp3) is 0.385. The van der Waals surface area contributed by atoms with Crippen molar-refractivity contribution in [3.63, 3.8) is 0 Å². The van der Waals surface area contributed by atoms with Gasteiger partial charge in [-0.05, 0) is 36.7 Å². The van der Waals surface area contributed by atoms with Crippen molar-refractivity contribution in [2.45, 2.75) is 20.3 Å². The molecule has 0 amide bonds. The first-order valence-electron chi connectivity index (χ1n) is 5.52. The fourth-order valence-corrected chi connectivity index (χ4v) is 1.69. The van der Waals surface area contributed by atoms with Crippen molar-refractivity contribution in [1.29, 1.82) is 0 Å². The minimum Gasteiger partial charge on any atom is -0.313 e. The van der Waals surface area contributed by atoms with E-state index in [1.165, 1.54) is 17.7 Å². The van der Waals surface area contributed by atoms with Crippen LogP contribution in [-0.2, 0) is 0 Å². The van der Waals surface area contributed by atoms with Gasteiger partial charge < -0.3 is 5.32 Å². The van der Waals surface area contributed by atoms with Gasteiger partial charge in [0, 0.05) is 11.6 Å². The van der Waals surface area contributed by atoms with Crippen molar-refractivity contribution < 1.29 is 4.39 Å². The van der Waals surface area contributed by atoms with Gasteiger partial charge in [-0.25, -0.2) is 4.39 Å². The van der Waals surface area contributed by atoms with Crippen LogP contribution in [0, 0.1) is 5.82 Å². The largest absolute Gasteiger partial charge is 0.313 e. The van der Waals surface area contributed by atoms with Gasteiger partial charge in [0.2, 0.25) is 0 Å². The van der Waals surface area contributed by atoms with Crippen LogP contribution in [0.15, 0.2) is 23.8 Å². The summed E-state index contributed by atoms with van der Waals surface area (Å²) in [6, 6.07) is 4.58. The summed E-state index contributed by atoms with van der Waals surface area (Å²) in [7, 11) is 0. The van der Waals surface area contributed by atoms with Crippen LogP contribution in [0.4, 0.5) is 4.39 Å². The number of nitrogens with one attached hydrogen (secondary N) is 1. The molecule has 0 aliphatic carbocycles. The summed E-state index contributed by atoms with van der Waals surface area (Å²) >= 11 is 5.80. The Labute approximate surface area is 101 Å². The molecule has 0 saturated heterocycles. The molecule has 0 aromatic heterocycles. The van der Waals surface area contributed by atoms with Crippen LogP contribution < -0.4 is 5.32 Å². The van der Waals surface area contributed by atoms with Gasteiger partial charge >= 0.3 is 0 Å². The molecule has 0 aliphatic heterocycles. The molecule has 1 aromatic carbocycles. The van der Waals surface area contributed by atoms with Gasteiger partial charge in [-0.1, -0.05) is 37.1 Å². The molecule has 0 bridgehead atoms. The van der Waals surface area contributed by atoms with E-state index in [0.717, 1.165) is 25.1 Å². The Morgan fingerprint density at radius 3 is 2.69 bits per heavy atom. The molecule has 1 rings (SSSR count). The molecule has 0 spiro atoms. The van der Waals surface area contributed by atoms with Crippen LogP contribution in [-0.4, -0.2) is 13.1 Å². The lowest BCUT2D eigenvalue weighted by Gasteiger charge is -2.05. The molecule has 88 valence electrons. The normalized spacial score (nSPS) is 11.9. The van der Waals surface area contributed by atoms with E-state index in [2.05, 4.69) is 19.2 Å². The van der Waals surface area contributed by atoms with Gasteiger partial charge in [0.1, 0.15) is 5.82 Å². The van der Waals surface area contributed by atoms with Gasteiger partial charge in [0.15, 0.2) is 0 Å². The highest BCUT2D eigenvalue weighted by molar-refractivity contribution is 6.30. The maximum absolute atomic E-state index is 13.1. The summed E-state index contributed by atoms with van der Waals surface area (Å²) in [5, 5.41) is 3.69. The predicted octanol–water partition coefficient (Wildman–Crippen LogP) is 3.88. The maximum atomic E-state index is 13.1. The van der Waals surface area contributed by atoms with E-state index in [1.54, 1.807) is 6.07 Å². The van der Waals surface area contributed by atoms with Crippen molar-refractivity contribution >= 4 is 17.7 Å². The van der Waals surface area contributed by atoms with E-state index in [4.69, 9.17) is 11.6 Å². The molecule has 0 saturated carbocycles. The molecule has 0 radical (unpaired) electrons. The fourth-order valence-electron chi connectivity index (χ4n) is 1.46. The minimum atomic E-state index is -0.294. The van der Waals surface area contributed by atoms with Crippen LogP contribution in [0.5, 0.6) is 0 Å². The van der Waals surface area contributed by atoms with E-state index < -0.39 is 0 Å². The number of hydrogen-bond donors (Lipinski definition) is 1. The van der Waals surface area contributed by atoms with Crippen molar-refractivity contribution in [2.24, 2.45) is 0 Å². The second kappa shape index (κ2) is 6.66. The zero-order valence-electron chi connectivity index (χ0n) is 9.69. The van der Waals surface area contributed by atoms with Crippen molar-refractivity contribution in [2.75, 3.05) is 13.1 Å². The molecule has 3 heteroatoms. The van der Waals surface area contributed by atoms with E-state index in [0.29, 0.717) is 5.02 Å². The zero-order valence-corrected chi connectivity index (χ0v) is 10.4. The number of halogens is 2. The molecular formula is C13H17ClFN. The van der Waals surface area contributed by atoms with Crippen molar-refractivity contribution in [3.05, 3.63) is 40.2 Å². The topological polar surface area (TPSA) is 12.0 Å². The standard InChI is InChI=1S/C13H17ClFN/c1-3-10(9-16-4-2)5-11-6-12(14)8-13(15)7-11/h5-8,16H,3-4,9H2,1-2H3/b10-5+. The van der Waals surface area contributed by atoms with Crippen LogP contribution >= 0.6 is 11.6 Å². The minimum absolute atomic E-state index is 0.294. The molecule has 0 atom stereocenters. The van der Waals surface area contributed by atoms with Crippen molar-refractivity contribution in [1.82, 2.24) is 5.32 Å². The molecule has 0 fully saturated rings. The Morgan fingerprint density at radius 2 is 2.12 bits per heavy atom. The Bertz CT molecular complexity index is 354. The van der Waals surface area contributed by atoms with Crippen LogP contribution in [0.3, 0.4) is 0 Å². The van der Waals surface area contributed by atoms with Gasteiger partial charge in [-0.15, -0.1) is 0 Å². The lowest BCUT2D eigenvalue weighted by molar-refractivity contribution is 0.627. The Hall–Kier alpha value is -0.860. The molecule has 0 heterocycles. The Kier molecular flexibility index (Phi) is 5.50. The predicted molar refractivity (Wildman–Crippen MR) is 68.2 cm³/mol. The van der Waals surface area contributed by atoms with E-state index in [-0.39, 0.29) is 5.82 Å². The Balaban J connectivity index is 2.85. The SMILES string of the molecule is CCNC/C(=C/c1cc(F)cc(Cl)c1)CC. The first kappa shape index (κ1) is 13.2. The first-order valence-corrected chi connectivity index (χ1v) is 5.89. The number of hydrogen-bond acceptors (Lipinski definition) is 1. The first-order chi connectivity index (χ1) is 7.65. The maximum Gasteiger partial charge on any atom is 0.125 e. The second-order valence-corrected chi connectivity index (χ2v) is 4.08. The molecule has 1 aromatic rings. The van der Waals surface area contributed by atoms with Gasteiger partial charge in [-0.2, -0.15) is 0 Å². The van der Waals surface area contributed by atoms with Gasteiger partial charge in [-0.3, -0.25) is 0 Å². The molecule has 1 N–H and O–H groups in total. The number of likely N-dealkylation sites (N-methyl/N-ethyl adjacent to an activating group) is 1. The average Bonchev–Trinajstić information content (AvgIpc) is 2.22. The van der Waals surface area contributed by atoms with Crippen LogP contribution in [0.2, 0.25) is 5.02 Å². The van der Waals surface area contributed by atoms with Gasteiger partial charge in [0.25, 0.3) is 0 Å². The third-order valence-electron chi connectivity index (χ3n) is 2.31. The van der Waals surface area contributed by atoms with E-state index >= 15 is 0 Å². The lowest BCUT2D eigenvalue weighted by atomic mass is 10.1. The highest BCUT2D eigenvalue weighted by atomic mass is 35.5. The zero-order chi connectivity index (χ0) is 12.0. The highest BCUT2D eigenvalue weighted by Gasteiger charge is 1.99. The molecular weight excluding hydrogens is 225 g/mol. The summed E-state index contributed by atoms with van der Waals surface area (Å²) in [5.74, 6) is -0.294. The third kappa shape index (κ3) is 4.33. The monoisotopic (exact) mass is 241 g/mol. The molecule has 0 aliphatic rings. The average molecular weight is 242 g/mol. The number of rotatable bonds is 5. The second-order valence-electron chi connectivity index (χ2n) is 3.64. The summed E-state index contributed by atoms with van der Waals surface area (Å²) in [6.07, 6.45) is 2.93. The summed E-state index contributed by atoms with van der Waals surface area (Å²) < 4.78 is 13.1. The summed E-state index contributed by atoms with van der Waals surface area (Å²) in [5.41, 5.74) is 2.06. The van der Waals surface area contributed by atoms with Crippen LogP contribution in [0.1, 0.15) is 25.8 Å².